The maximum atomic E-state index is 12.5. The Kier molecular flexibility index (Phi) is 4.55. The van der Waals surface area contributed by atoms with Gasteiger partial charge in [-0.1, -0.05) is 29.8 Å². The number of amides is 1. The van der Waals surface area contributed by atoms with Crippen LogP contribution in [0.1, 0.15) is 23.5 Å². The lowest BCUT2D eigenvalue weighted by Gasteiger charge is -2.10. The Hall–Kier alpha value is -2.04. The number of fused-ring (bicyclic) bond motifs is 1. The zero-order valence-electron chi connectivity index (χ0n) is 12.8. The van der Waals surface area contributed by atoms with Crippen LogP contribution in [0.3, 0.4) is 0 Å². The van der Waals surface area contributed by atoms with E-state index in [2.05, 4.69) is 5.32 Å². The Morgan fingerprint density at radius 3 is 2.48 bits per heavy atom. The smallest absolute Gasteiger partial charge is 0.267 e. The highest BCUT2D eigenvalue weighted by molar-refractivity contribution is 7.21. The van der Waals surface area contributed by atoms with E-state index in [-0.39, 0.29) is 12.0 Å². The van der Waals surface area contributed by atoms with Crippen LogP contribution in [-0.4, -0.2) is 12.0 Å². The summed E-state index contributed by atoms with van der Waals surface area (Å²) < 4.78 is 6.59. The lowest BCUT2D eigenvalue weighted by atomic mass is 10.2. The number of nitrogens with one attached hydrogen (secondary N) is 1. The summed E-state index contributed by atoms with van der Waals surface area (Å²) in [5.41, 5.74) is 0.708. The number of hydrogen-bond acceptors (Lipinski definition) is 3. The normalized spacial score (nSPS) is 11.0. The van der Waals surface area contributed by atoms with E-state index in [9.17, 15) is 4.79 Å². The highest BCUT2D eigenvalue weighted by Crippen LogP contribution is 2.35. The van der Waals surface area contributed by atoms with Gasteiger partial charge < -0.3 is 10.1 Å². The number of hydrogen-bond donors (Lipinski definition) is 1. The van der Waals surface area contributed by atoms with Gasteiger partial charge in [-0.15, -0.1) is 11.3 Å². The summed E-state index contributed by atoms with van der Waals surface area (Å²) >= 11 is 7.72. The predicted octanol–water partition coefficient (Wildman–Crippen LogP) is 5.59. The molecule has 3 aromatic rings. The van der Waals surface area contributed by atoms with Gasteiger partial charge in [-0.3, -0.25) is 4.79 Å². The fraction of sp³-hybridized carbons (Fsp3) is 0.167. The molecule has 0 saturated carbocycles. The van der Waals surface area contributed by atoms with Crippen molar-refractivity contribution in [3.63, 3.8) is 0 Å². The fourth-order valence-electron chi connectivity index (χ4n) is 2.24. The molecule has 0 fully saturated rings. The van der Waals surface area contributed by atoms with E-state index < -0.39 is 0 Å². The summed E-state index contributed by atoms with van der Waals surface area (Å²) in [6.45, 7) is 3.94. The molecular formula is C18H16ClNO2S. The minimum atomic E-state index is -0.200. The third-order valence-corrected chi connectivity index (χ3v) is 4.90. The van der Waals surface area contributed by atoms with Crippen molar-refractivity contribution in [1.29, 1.82) is 0 Å². The van der Waals surface area contributed by atoms with Gasteiger partial charge in [0.15, 0.2) is 0 Å². The van der Waals surface area contributed by atoms with Crippen molar-refractivity contribution in [1.82, 2.24) is 0 Å². The van der Waals surface area contributed by atoms with Crippen molar-refractivity contribution in [3.05, 3.63) is 58.4 Å². The number of carbonyl (C=O) groups is 1. The highest BCUT2D eigenvalue weighted by Gasteiger charge is 2.17. The number of anilines is 1. The molecule has 1 heterocycles. The van der Waals surface area contributed by atoms with Crippen LogP contribution in [0.4, 0.5) is 5.69 Å². The van der Waals surface area contributed by atoms with E-state index in [1.165, 1.54) is 11.3 Å². The van der Waals surface area contributed by atoms with Gasteiger partial charge in [0, 0.05) is 15.8 Å². The van der Waals surface area contributed by atoms with E-state index >= 15 is 0 Å². The summed E-state index contributed by atoms with van der Waals surface area (Å²) in [5.74, 6) is 0.576. The number of carbonyl (C=O) groups excluding carboxylic acids is 1. The SMILES string of the molecule is CC(C)Oc1ccc(NC(=O)c2sc3ccccc3c2Cl)cc1. The molecule has 2 aromatic carbocycles. The topological polar surface area (TPSA) is 38.3 Å². The van der Waals surface area contributed by atoms with Crippen LogP contribution in [0.5, 0.6) is 5.75 Å². The number of rotatable bonds is 4. The van der Waals surface area contributed by atoms with Gasteiger partial charge in [0.2, 0.25) is 0 Å². The zero-order chi connectivity index (χ0) is 16.4. The lowest BCUT2D eigenvalue weighted by molar-refractivity contribution is 0.103. The second-order valence-electron chi connectivity index (χ2n) is 5.39. The first kappa shape index (κ1) is 15.8. The van der Waals surface area contributed by atoms with E-state index in [1.807, 2.05) is 62.4 Å². The molecular weight excluding hydrogens is 330 g/mol. The Labute approximate surface area is 143 Å². The van der Waals surface area contributed by atoms with Crippen LogP contribution in [0.25, 0.3) is 10.1 Å². The third kappa shape index (κ3) is 3.49. The molecule has 3 rings (SSSR count). The zero-order valence-corrected chi connectivity index (χ0v) is 14.4. The van der Waals surface area contributed by atoms with Crippen molar-refractivity contribution >= 4 is 44.6 Å². The van der Waals surface area contributed by atoms with Gasteiger partial charge in [0.1, 0.15) is 10.6 Å². The van der Waals surface area contributed by atoms with Crippen molar-refractivity contribution < 1.29 is 9.53 Å². The van der Waals surface area contributed by atoms with Gasteiger partial charge in [0.25, 0.3) is 5.91 Å². The van der Waals surface area contributed by atoms with Crippen LogP contribution < -0.4 is 10.1 Å². The second-order valence-corrected chi connectivity index (χ2v) is 6.82. The fourth-order valence-corrected chi connectivity index (χ4v) is 3.65. The Morgan fingerprint density at radius 1 is 1.13 bits per heavy atom. The van der Waals surface area contributed by atoms with Crippen LogP contribution >= 0.6 is 22.9 Å². The van der Waals surface area contributed by atoms with Crippen molar-refractivity contribution in [2.75, 3.05) is 5.32 Å². The average Bonchev–Trinajstić information content (AvgIpc) is 2.86. The van der Waals surface area contributed by atoms with Gasteiger partial charge in [0.05, 0.1) is 11.1 Å². The van der Waals surface area contributed by atoms with Crippen LogP contribution in [0.2, 0.25) is 5.02 Å². The minimum Gasteiger partial charge on any atom is -0.491 e. The number of thiophene rings is 1. The quantitative estimate of drug-likeness (QED) is 0.669. The Bertz CT molecular complexity index is 840. The minimum absolute atomic E-state index is 0.118. The molecule has 0 atom stereocenters. The first-order valence-corrected chi connectivity index (χ1v) is 8.49. The first-order chi connectivity index (χ1) is 11.0. The van der Waals surface area contributed by atoms with E-state index in [0.29, 0.717) is 15.6 Å². The second kappa shape index (κ2) is 6.60. The van der Waals surface area contributed by atoms with Gasteiger partial charge >= 0.3 is 0 Å². The van der Waals surface area contributed by atoms with E-state index in [1.54, 1.807) is 0 Å². The van der Waals surface area contributed by atoms with Crippen LogP contribution in [0.15, 0.2) is 48.5 Å². The van der Waals surface area contributed by atoms with Gasteiger partial charge in [-0.05, 0) is 44.2 Å². The molecule has 0 aliphatic heterocycles. The van der Waals surface area contributed by atoms with Gasteiger partial charge in [-0.2, -0.15) is 0 Å². The summed E-state index contributed by atoms with van der Waals surface area (Å²) in [6, 6.07) is 15.0. The molecule has 5 heteroatoms. The monoisotopic (exact) mass is 345 g/mol. The molecule has 0 aliphatic carbocycles. The highest BCUT2D eigenvalue weighted by atomic mass is 35.5. The number of ether oxygens (including phenoxy) is 1. The third-order valence-electron chi connectivity index (χ3n) is 3.23. The maximum absolute atomic E-state index is 12.5. The first-order valence-electron chi connectivity index (χ1n) is 7.29. The molecule has 1 amide bonds. The number of halogens is 1. The summed E-state index contributed by atoms with van der Waals surface area (Å²) in [4.78, 5) is 13.0. The number of benzene rings is 2. The maximum Gasteiger partial charge on any atom is 0.267 e. The van der Waals surface area contributed by atoms with E-state index in [4.69, 9.17) is 16.3 Å². The Balaban J connectivity index is 1.79. The molecule has 3 nitrogen and oxygen atoms in total. The van der Waals surface area contributed by atoms with E-state index in [0.717, 1.165) is 15.8 Å². The largest absolute Gasteiger partial charge is 0.491 e. The molecule has 0 aliphatic rings. The predicted molar refractivity (Wildman–Crippen MR) is 97.0 cm³/mol. The molecule has 0 bridgehead atoms. The van der Waals surface area contributed by atoms with Crippen molar-refractivity contribution in [3.8, 4) is 5.75 Å². The van der Waals surface area contributed by atoms with Crippen molar-refractivity contribution in [2.24, 2.45) is 0 Å². The Morgan fingerprint density at radius 2 is 1.83 bits per heavy atom. The average molecular weight is 346 g/mol. The molecule has 0 unspecified atom stereocenters. The molecule has 0 saturated heterocycles. The molecule has 23 heavy (non-hydrogen) atoms. The summed E-state index contributed by atoms with van der Waals surface area (Å²) in [7, 11) is 0. The molecule has 0 spiro atoms. The molecule has 1 N–H and O–H groups in total. The molecule has 1 aromatic heterocycles. The van der Waals surface area contributed by atoms with Gasteiger partial charge in [-0.25, -0.2) is 0 Å². The lowest BCUT2D eigenvalue weighted by Crippen LogP contribution is -2.10. The van der Waals surface area contributed by atoms with Crippen LogP contribution in [0, 0.1) is 0 Å². The van der Waals surface area contributed by atoms with Crippen molar-refractivity contribution in [2.45, 2.75) is 20.0 Å². The standard InChI is InChI=1S/C18H16ClNO2S/c1-11(2)22-13-9-7-12(8-10-13)20-18(21)17-16(19)14-5-3-4-6-15(14)23-17/h3-11H,1-2H3,(H,20,21). The molecule has 0 radical (unpaired) electrons. The molecule has 118 valence electrons. The van der Waals surface area contributed by atoms with Crippen LogP contribution in [-0.2, 0) is 0 Å². The summed E-state index contributed by atoms with van der Waals surface area (Å²) in [6.07, 6.45) is 0.118. The summed E-state index contributed by atoms with van der Waals surface area (Å²) in [5, 5.41) is 4.28.